The molecular formula is C13H11BrN2O2S. The lowest BCUT2D eigenvalue weighted by Gasteiger charge is -2.07. The van der Waals surface area contributed by atoms with Crippen molar-refractivity contribution in [2.24, 2.45) is 5.84 Å². The van der Waals surface area contributed by atoms with E-state index in [1.165, 1.54) is 11.3 Å². The summed E-state index contributed by atoms with van der Waals surface area (Å²) in [4.78, 5) is 13.3. The van der Waals surface area contributed by atoms with E-state index in [0.717, 1.165) is 32.6 Å². The summed E-state index contributed by atoms with van der Waals surface area (Å²) in [5.74, 6) is 5.77. The Morgan fingerprint density at radius 2 is 2.26 bits per heavy atom. The molecule has 0 bridgehead atoms. The van der Waals surface area contributed by atoms with Gasteiger partial charge in [0.15, 0.2) is 0 Å². The number of halogens is 1. The number of thiophene rings is 1. The first kappa shape index (κ1) is 12.7. The van der Waals surface area contributed by atoms with Gasteiger partial charge in [-0.05, 0) is 29.8 Å². The van der Waals surface area contributed by atoms with Gasteiger partial charge in [0, 0.05) is 21.3 Å². The summed E-state index contributed by atoms with van der Waals surface area (Å²) in [5, 5.41) is 0. The van der Waals surface area contributed by atoms with Crippen molar-refractivity contribution in [2.75, 3.05) is 6.61 Å². The number of ether oxygens (including phenoxy) is 1. The quantitative estimate of drug-likeness (QED) is 0.477. The van der Waals surface area contributed by atoms with Crippen molar-refractivity contribution >= 4 is 33.2 Å². The molecule has 1 aliphatic rings. The highest BCUT2D eigenvalue weighted by molar-refractivity contribution is 9.10. The van der Waals surface area contributed by atoms with Gasteiger partial charge in [0.05, 0.1) is 11.5 Å². The number of carbonyl (C=O) groups excluding carboxylic acids is 1. The maximum absolute atomic E-state index is 11.6. The molecule has 0 unspecified atom stereocenters. The van der Waals surface area contributed by atoms with Gasteiger partial charge in [-0.15, -0.1) is 11.3 Å². The van der Waals surface area contributed by atoms with Gasteiger partial charge in [0.2, 0.25) is 0 Å². The Bertz CT molecular complexity index is 654. The smallest absolute Gasteiger partial charge is 0.275 e. The van der Waals surface area contributed by atoms with Crippen LogP contribution in [-0.2, 0) is 6.42 Å². The Morgan fingerprint density at radius 3 is 3.05 bits per heavy atom. The molecule has 1 aromatic heterocycles. The van der Waals surface area contributed by atoms with E-state index in [1.807, 2.05) is 24.3 Å². The van der Waals surface area contributed by atoms with Gasteiger partial charge in [-0.25, -0.2) is 5.84 Å². The molecule has 0 spiro atoms. The molecule has 3 N–H and O–H groups in total. The van der Waals surface area contributed by atoms with Gasteiger partial charge in [-0.3, -0.25) is 10.2 Å². The molecule has 2 aromatic rings. The second-order valence-corrected chi connectivity index (χ2v) is 6.15. The third kappa shape index (κ3) is 2.27. The van der Waals surface area contributed by atoms with Crippen LogP contribution in [0.2, 0.25) is 0 Å². The van der Waals surface area contributed by atoms with Crippen molar-refractivity contribution in [3.8, 4) is 16.2 Å². The van der Waals surface area contributed by atoms with Gasteiger partial charge >= 0.3 is 0 Å². The summed E-state index contributed by atoms with van der Waals surface area (Å²) in [6, 6.07) is 7.82. The van der Waals surface area contributed by atoms with Crippen molar-refractivity contribution in [3.05, 3.63) is 39.2 Å². The molecule has 1 amide bonds. The minimum atomic E-state index is -0.252. The molecule has 0 saturated heterocycles. The summed E-state index contributed by atoms with van der Waals surface area (Å²) < 4.78 is 6.73. The van der Waals surface area contributed by atoms with Crippen LogP contribution in [0.4, 0.5) is 0 Å². The van der Waals surface area contributed by atoms with Crippen molar-refractivity contribution in [2.45, 2.75) is 6.42 Å². The number of nitrogens with one attached hydrogen (secondary N) is 1. The standard InChI is InChI=1S/C13H11BrN2O2S/c14-8-1-2-9-10(6-8)18-4-3-7-5-11(13(17)16-15)19-12(7)9/h1-2,5-6H,3-4,15H2,(H,16,17). The zero-order valence-corrected chi connectivity index (χ0v) is 12.3. The predicted molar refractivity (Wildman–Crippen MR) is 78.3 cm³/mol. The number of hydrazine groups is 1. The summed E-state index contributed by atoms with van der Waals surface area (Å²) in [7, 11) is 0. The number of amides is 1. The lowest BCUT2D eigenvalue weighted by molar-refractivity contribution is 0.0957. The summed E-state index contributed by atoms with van der Waals surface area (Å²) in [6.45, 7) is 0.608. The number of rotatable bonds is 1. The largest absolute Gasteiger partial charge is 0.493 e. The van der Waals surface area contributed by atoms with Crippen LogP contribution in [0.15, 0.2) is 28.7 Å². The molecular weight excluding hydrogens is 328 g/mol. The van der Waals surface area contributed by atoms with Crippen molar-refractivity contribution in [3.63, 3.8) is 0 Å². The normalized spacial score (nSPS) is 12.9. The Kier molecular flexibility index (Phi) is 3.30. The van der Waals surface area contributed by atoms with Gasteiger partial charge < -0.3 is 4.74 Å². The molecule has 0 aliphatic carbocycles. The fraction of sp³-hybridized carbons (Fsp3) is 0.154. The Morgan fingerprint density at radius 1 is 1.42 bits per heavy atom. The van der Waals surface area contributed by atoms with Gasteiger partial charge in [0.25, 0.3) is 5.91 Å². The monoisotopic (exact) mass is 338 g/mol. The zero-order valence-electron chi connectivity index (χ0n) is 9.90. The molecule has 1 aromatic carbocycles. The van der Waals surface area contributed by atoms with E-state index in [-0.39, 0.29) is 5.91 Å². The fourth-order valence-corrected chi connectivity index (χ4v) is 3.58. The van der Waals surface area contributed by atoms with E-state index in [9.17, 15) is 4.79 Å². The number of benzene rings is 1. The third-order valence-corrected chi connectivity index (χ3v) is 4.68. The number of hydrogen-bond donors (Lipinski definition) is 2. The van der Waals surface area contributed by atoms with E-state index < -0.39 is 0 Å². The third-order valence-electron chi connectivity index (χ3n) is 2.98. The lowest BCUT2D eigenvalue weighted by Crippen LogP contribution is -2.29. The van der Waals surface area contributed by atoms with Crippen LogP contribution in [0.1, 0.15) is 15.2 Å². The van der Waals surface area contributed by atoms with Crippen LogP contribution in [0.5, 0.6) is 5.75 Å². The van der Waals surface area contributed by atoms with Crippen molar-refractivity contribution in [1.82, 2.24) is 5.43 Å². The Hall–Kier alpha value is -1.37. The van der Waals surface area contributed by atoms with E-state index in [1.54, 1.807) is 0 Å². The average molecular weight is 339 g/mol. The molecule has 19 heavy (non-hydrogen) atoms. The van der Waals surface area contributed by atoms with Gasteiger partial charge in [-0.1, -0.05) is 15.9 Å². The van der Waals surface area contributed by atoms with E-state index in [0.29, 0.717) is 11.5 Å². The van der Waals surface area contributed by atoms with Crippen LogP contribution in [-0.4, -0.2) is 12.5 Å². The van der Waals surface area contributed by atoms with E-state index in [4.69, 9.17) is 10.6 Å². The van der Waals surface area contributed by atoms with Crippen molar-refractivity contribution < 1.29 is 9.53 Å². The number of hydrogen-bond acceptors (Lipinski definition) is 4. The van der Waals surface area contributed by atoms with Gasteiger partial charge in [-0.2, -0.15) is 0 Å². The van der Waals surface area contributed by atoms with Crippen LogP contribution in [0.3, 0.4) is 0 Å². The summed E-state index contributed by atoms with van der Waals surface area (Å²) >= 11 is 4.88. The Balaban J connectivity index is 2.14. The predicted octanol–water partition coefficient (Wildman–Crippen LogP) is 2.72. The first-order valence-corrected chi connectivity index (χ1v) is 7.36. The highest BCUT2D eigenvalue weighted by atomic mass is 79.9. The molecule has 4 nitrogen and oxygen atoms in total. The van der Waals surface area contributed by atoms with Crippen LogP contribution < -0.4 is 16.0 Å². The van der Waals surface area contributed by atoms with Crippen molar-refractivity contribution in [1.29, 1.82) is 0 Å². The maximum atomic E-state index is 11.6. The minimum absolute atomic E-state index is 0.252. The molecule has 6 heteroatoms. The molecule has 1 aliphatic heterocycles. The summed E-state index contributed by atoms with van der Waals surface area (Å²) in [5.41, 5.74) is 4.33. The van der Waals surface area contributed by atoms with E-state index in [2.05, 4.69) is 21.4 Å². The average Bonchev–Trinajstić information content (AvgIpc) is 2.75. The fourth-order valence-electron chi connectivity index (χ4n) is 2.10. The molecule has 0 atom stereocenters. The SMILES string of the molecule is NNC(=O)c1cc2c(s1)-c1ccc(Br)cc1OCC2. The van der Waals surface area contributed by atoms with Crippen LogP contribution in [0.25, 0.3) is 10.4 Å². The maximum Gasteiger partial charge on any atom is 0.275 e. The molecule has 0 fully saturated rings. The van der Waals surface area contributed by atoms with Gasteiger partial charge in [0.1, 0.15) is 5.75 Å². The van der Waals surface area contributed by atoms with Crippen LogP contribution in [0, 0.1) is 0 Å². The zero-order chi connectivity index (χ0) is 13.4. The second-order valence-electron chi connectivity index (χ2n) is 4.18. The number of nitrogens with two attached hydrogens (primary N) is 1. The summed E-state index contributed by atoms with van der Waals surface area (Å²) in [6.07, 6.45) is 0.788. The first-order valence-electron chi connectivity index (χ1n) is 5.75. The lowest BCUT2D eigenvalue weighted by atomic mass is 10.1. The second kappa shape index (κ2) is 4.96. The number of nitrogen functional groups attached to an aromatic ring is 1. The topological polar surface area (TPSA) is 64.3 Å². The minimum Gasteiger partial charge on any atom is -0.493 e. The highest BCUT2D eigenvalue weighted by Gasteiger charge is 2.20. The molecule has 3 rings (SSSR count). The van der Waals surface area contributed by atoms with Crippen LogP contribution >= 0.6 is 27.3 Å². The molecule has 2 heterocycles. The highest BCUT2D eigenvalue weighted by Crippen LogP contribution is 2.41. The van der Waals surface area contributed by atoms with E-state index >= 15 is 0 Å². The Labute approximate surface area is 122 Å². The number of fused-ring (bicyclic) bond motifs is 3. The molecule has 0 radical (unpaired) electrons. The first-order chi connectivity index (χ1) is 9.19. The molecule has 98 valence electrons. The number of carbonyl (C=O) groups is 1. The molecule has 0 saturated carbocycles.